The third-order valence-corrected chi connectivity index (χ3v) is 3.94. The van der Waals surface area contributed by atoms with E-state index in [1.165, 1.54) is 12.8 Å². The Morgan fingerprint density at radius 2 is 2.10 bits per heavy atom. The number of hydrogen-bond acceptors (Lipinski definition) is 4. The van der Waals surface area contributed by atoms with E-state index in [9.17, 15) is 0 Å². The second-order valence-corrected chi connectivity index (χ2v) is 5.53. The van der Waals surface area contributed by atoms with Gasteiger partial charge in [-0.2, -0.15) is 0 Å². The lowest BCUT2D eigenvalue weighted by Crippen LogP contribution is -2.37. The number of piperidine rings is 1. The molecule has 114 valence electrons. The summed E-state index contributed by atoms with van der Waals surface area (Å²) in [7, 11) is 0. The summed E-state index contributed by atoms with van der Waals surface area (Å²) in [6.45, 7) is 3.84. The molecule has 2 aromatic rings. The Balaban J connectivity index is 0.00000161. The van der Waals surface area contributed by atoms with Gasteiger partial charge in [-0.3, -0.25) is 4.90 Å². The van der Waals surface area contributed by atoms with E-state index in [1.807, 2.05) is 36.4 Å². The first-order valence-electron chi connectivity index (χ1n) is 7.28. The van der Waals surface area contributed by atoms with Crippen molar-refractivity contribution in [2.45, 2.75) is 19.4 Å². The highest BCUT2D eigenvalue weighted by molar-refractivity contribution is 5.85. The molecule has 0 bridgehead atoms. The van der Waals surface area contributed by atoms with Crippen LogP contribution in [-0.4, -0.2) is 29.7 Å². The fourth-order valence-corrected chi connectivity index (χ4v) is 2.84. The molecular weight excluding hydrogens is 286 g/mol. The highest BCUT2D eigenvalue weighted by atomic mass is 35.5. The number of halogens is 1. The van der Waals surface area contributed by atoms with E-state index in [-0.39, 0.29) is 12.4 Å². The number of nitrogens with zero attached hydrogens (tertiary/aromatic N) is 2. The zero-order valence-corrected chi connectivity index (χ0v) is 12.9. The molecule has 0 saturated carbocycles. The topological polar surface area (TPSA) is 55.3 Å². The van der Waals surface area contributed by atoms with Gasteiger partial charge < -0.3 is 10.3 Å². The fraction of sp³-hybridized carbons (Fsp3) is 0.438. The van der Waals surface area contributed by atoms with Crippen LogP contribution in [0.25, 0.3) is 11.3 Å². The Bertz CT molecular complexity index is 543. The third kappa shape index (κ3) is 4.06. The van der Waals surface area contributed by atoms with Crippen LogP contribution in [0.3, 0.4) is 0 Å². The number of rotatable bonds is 4. The van der Waals surface area contributed by atoms with E-state index in [2.05, 4.69) is 10.1 Å². The van der Waals surface area contributed by atoms with Crippen molar-refractivity contribution in [2.24, 2.45) is 11.7 Å². The SMILES string of the molecule is Cl.NCC1CCCN(Cc2cc(-c3ccccc3)on2)C1. The molecule has 4 nitrogen and oxygen atoms in total. The van der Waals surface area contributed by atoms with Crippen molar-refractivity contribution in [1.29, 1.82) is 0 Å². The lowest BCUT2D eigenvalue weighted by atomic mass is 9.98. The second-order valence-electron chi connectivity index (χ2n) is 5.53. The predicted molar refractivity (Wildman–Crippen MR) is 86.2 cm³/mol. The van der Waals surface area contributed by atoms with Crippen LogP contribution in [0.1, 0.15) is 18.5 Å². The van der Waals surface area contributed by atoms with Crippen molar-refractivity contribution in [1.82, 2.24) is 10.1 Å². The summed E-state index contributed by atoms with van der Waals surface area (Å²) in [5.74, 6) is 1.47. The van der Waals surface area contributed by atoms with Gasteiger partial charge in [-0.25, -0.2) is 0 Å². The van der Waals surface area contributed by atoms with Crippen LogP contribution >= 0.6 is 12.4 Å². The molecule has 3 rings (SSSR count). The predicted octanol–water partition coefficient (Wildman–Crippen LogP) is 2.93. The van der Waals surface area contributed by atoms with Crippen LogP contribution < -0.4 is 5.73 Å². The molecule has 1 saturated heterocycles. The first kappa shape index (κ1) is 16.0. The molecule has 0 amide bonds. The third-order valence-electron chi connectivity index (χ3n) is 3.94. The standard InChI is InChI=1S/C16H21N3O.ClH/c17-10-13-5-4-8-19(11-13)12-15-9-16(20-18-15)14-6-2-1-3-7-14;/h1-3,6-7,9,13H,4-5,8,10-12,17H2;1H. The minimum absolute atomic E-state index is 0. The van der Waals surface area contributed by atoms with Crippen molar-refractivity contribution >= 4 is 12.4 Å². The average molecular weight is 308 g/mol. The first-order chi connectivity index (χ1) is 9.85. The normalized spacial score (nSPS) is 19.2. The van der Waals surface area contributed by atoms with E-state index in [0.717, 1.165) is 43.2 Å². The summed E-state index contributed by atoms with van der Waals surface area (Å²) in [6, 6.07) is 12.1. The van der Waals surface area contributed by atoms with Gasteiger partial charge in [0.1, 0.15) is 0 Å². The van der Waals surface area contributed by atoms with Crippen molar-refractivity contribution in [3.63, 3.8) is 0 Å². The van der Waals surface area contributed by atoms with Crippen molar-refractivity contribution in [3.05, 3.63) is 42.1 Å². The van der Waals surface area contributed by atoms with Crippen molar-refractivity contribution in [3.8, 4) is 11.3 Å². The number of benzene rings is 1. The zero-order valence-electron chi connectivity index (χ0n) is 12.1. The van der Waals surface area contributed by atoms with Gasteiger partial charge in [0.2, 0.25) is 0 Å². The minimum Gasteiger partial charge on any atom is -0.356 e. The second kappa shape index (κ2) is 7.59. The highest BCUT2D eigenvalue weighted by Crippen LogP contribution is 2.22. The Hall–Kier alpha value is -1.36. The van der Waals surface area contributed by atoms with Gasteiger partial charge in [0, 0.05) is 24.7 Å². The van der Waals surface area contributed by atoms with Crippen LogP contribution in [0.4, 0.5) is 0 Å². The number of likely N-dealkylation sites (tertiary alicyclic amines) is 1. The molecule has 0 radical (unpaired) electrons. The van der Waals surface area contributed by atoms with Crippen LogP contribution in [0, 0.1) is 5.92 Å². The Kier molecular flexibility index (Phi) is 5.79. The summed E-state index contributed by atoms with van der Waals surface area (Å²) >= 11 is 0. The molecule has 1 aromatic carbocycles. The summed E-state index contributed by atoms with van der Waals surface area (Å²) < 4.78 is 5.44. The van der Waals surface area contributed by atoms with Crippen LogP contribution in [0.15, 0.2) is 40.9 Å². The van der Waals surface area contributed by atoms with Gasteiger partial charge >= 0.3 is 0 Å². The molecule has 21 heavy (non-hydrogen) atoms. The lowest BCUT2D eigenvalue weighted by Gasteiger charge is -2.31. The summed E-state index contributed by atoms with van der Waals surface area (Å²) in [5.41, 5.74) is 7.85. The summed E-state index contributed by atoms with van der Waals surface area (Å²) in [6.07, 6.45) is 2.48. The van der Waals surface area contributed by atoms with Gasteiger partial charge in [-0.15, -0.1) is 12.4 Å². The van der Waals surface area contributed by atoms with Crippen molar-refractivity contribution < 1.29 is 4.52 Å². The maximum Gasteiger partial charge on any atom is 0.167 e. The molecule has 0 aliphatic carbocycles. The highest BCUT2D eigenvalue weighted by Gasteiger charge is 2.19. The quantitative estimate of drug-likeness (QED) is 0.943. The minimum atomic E-state index is 0. The Labute approximate surface area is 131 Å². The van der Waals surface area contributed by atoms with E-state index < -0.39 is 0 Å². The molecule has 5 heteroatoms. The monoisotopic (exact) mass is 307 g/mol. The molecule has 2 heterocycles. The molecule has 1 aromatic heterocycles. The Morgan fingerprint density at radius 3 is 2.86 bits per heavy atom. The maximum atomic E-state index is 5.78. The lowest BCUT2D eigenvalue weighted by molar-refractivity contribution is 0.167. The zero-order chi connectivity index (χ0) is 13.8. The summed E-state index contributed by atoms with van der Waals surface area (Å²) in [4.78, 5) is 2.42. The molecule has 1 aliphatic rings. The van der Waals surface area contributed by atoms with Gasteiger partial charge in [0.05, 0.1) is 5.69 Å². The van der Waals surface area contributed by atoms with E-state index >= 15 is 0 Å². The number of aromatic nitrogens is 1. The van der Waals surface area contributed by atoms with E-state index in [4.69, 9.17) is 10.3 Å². The average Bonchev–Trinajstić information content (AvgIpc) is 2.97. The smallest absolute Gasteiger partial charge is 0.167 e. The molecule has 1 unspecified atom stereocenters. The first-order valence-corrected chi connectivity index (χ1v) is 7.28. The van der Waals surface area contributed by atoms with Crippen LogP contribution in [0.5, 0.6) is 0 Å². The van der Waals surface area contributed by atoms with E-state index in [1.54, 1.807) is 0 Å². The number of nitrogens with two attached hydrogens (primary N) is 1. The van der Waals surface area contributed by atoms with Crippen LogP contribution in [-0.2, 0) is 6.54 Å². The number of hydrogen-bond donors (Lipinski definition) is 1. The summed E-state index contributed by atoms with van der Waals surface area (Å²) in [5, 5.41) is 4.19. The van der Waals surface area contributed by atoms with Gasteiger partial charge in [0.15, 0.2) is 5.76 Å². The molecule has 1 aliphatic heterocycles. The molecule has 2 N–H and O–H groups in total. The Morgan fingerprint density at radius 1 is 1.29 bits per heavy atom. The fourth-order valence-electron chi connectivity index (χ4n) is 2.84. The van der Waals surface area contributed by atoms with E-state index in [0.29, 0.717) is 5.92 Å². The van der Waals surface area contributed by atoms with Gasteiger partial charge in [-0.1, -0.05) is 35.5 Å². The molecule has 0 spiro atoms. The van der Waals surface area contributed by atoms with Gasteiger partial charge in [0.25, 0.3) is 0 Å². The molecular formula is C16H22ClN3O. The molecule has 1 fully saturated rings. The molecule has 1 atom stereocenters. The van der Waals surface area contributed by atoms with Crippen LogP contribution in [0.2, 0.25) is 0 Å². The van der Waals surface area contributed by atoms with Crippen molar-refractivity contribution in [2.75, 3.05) is 19.6 Å². The maximum absolute atomic E-state index is 5.78. The van der Waals surface area contributed by atoms with Gasteiger partial charge in [-0.05, 0) is 31.8 Å². The largest absolute Gasteiger partial charge is 0.356 e.